The molecule has 0 aromatic carbocycles. The van der Waals surface area contributed by atoms with E-state index >= 15 is 0 Å². The molecular weight excluding hydrogens is 204 g/mol. The summed E-state index contributed by atoms with van der Waals surface area (Å²) in [7, 11) is 0. The van der Waals surface area contributed by atoms with Crippen molar-refractivity contribution in [2.75, 3.05) is 0 Å². The first kappa shape index (κ1) is 11.6. The van der Waals surface area contributed by atoms with E-state index in [-0.39, 0.29) is 0 Å². The van der Waals surface area contributed by atoms with Gasteiger partial charge < -0.3 is 0 Å². The van der Waals surface area contributed by atoms with Gasteiger partial charge in [0.15, 0.2) is 0 Å². The van der Waals surface area contributed by atoms with Crippen LogP contribution in [-0.2, 0) is 0 Å². The molecule has 1 unspecified atom stereocenters. The van der Waals surface area contributed by atoms with Gasteiger partial charge in [0.2, 0.25) is 0 Å². The Balaban J connectivity index is 1.43. The number of allylic oxidation sites excluding steroid dienone is 4. The third kappa shape index (κ3) is 3.03. The molecule has 0 heteroatoms. The first-order valence-electron chi connectivity index (χ1n) is 7.76. The average molecular weight is 230 g/mol. The van der Waals surface area contributed by atoms with Crippen molar-refractivity contribution in [2.45, 2.75) is 70.6 Å². The van der Waals surface area contributed by atoms with E-state index in [0.29, 0.717) is 0 Å². The normalized spacial score (nSPS) is 29.8. The van der Waals surface area contributed by atoms with Crippen LogP contribution in [0.4, 0.5) is 0 Å². The summed E-state index contributed by atoms with van der Waals surface area (Å²) in [5, 5.41) is 0. The molecule has 0 aromatic rings. The summed E-state index contributed by atoms with van der Waals surface area (Å²) in [5.41, 5.74) is 3.58. The van der Waals surface area contributed by atoms with Gasteiger partial charge in [-0.2, -0.15) is 0 Å². The van der Waals surface area contributed by atoms with E-state index < -0.39 is 0 Å². The maximum absolute atomic E-state index is 2.58. The molecule has 1 fully saturated rings. The third-order valence-electron chi connectivity index (χ3n) is 5.00. The molecule has 0 nitrogen and oxygen atoms in total. The van der Waals surface area contributed by atoms with Gasteiger partial charge in [0.25, 0.3) is 0 Å². The Hall–Kier alpha value is -0.520. The van der Waals surface area contributed by atoms with Crippen molar-refractivity contribution in [3.63, 3.8) is 0 Å². The summed E-state index contributed by atoms with van der Waals surface area (Å²) in [4.78, 5) is 0. The zero-order valence-corrected chi connectivity index (χ0v) is 11.1. The lowest BCUT2D eigenvalue weighted by Gasteiger charge is -2.13. The summed E-state index contributed by atoms with van der Waals surface area (Å²) < 4.78 is 0. The predicted octanol–water partition coefficient (Wildman–Crippen LogP) is 5.40. The average Bonchev–Trinajstić information content (AvgIpc) is 3.02. The fraction of sp³-hybridized carbons (Fsp3) is 0.765. The van der Waals surface area contributed by atoms with Crippen molar-refractivity contribution in [3.05, 3.63) is 23.3 Å². The van der Waals surface area contributed by atoms with Crippen LogP contribution in [-0.4, -0.2) is 0 Å². The molecule has 0 bridgehead atoms. The van der Waals surface area contributed by atoms with Crippen LogP contribution in [0, 0.1) is 11.8 Å². The summed E-state index contributed by atoms with van der Waals surface area (Å²) in [6.45, 7) is 0. The molecule has 3 rings (SSSR count). The smallest absolute Gasteiger partial charge is 0.0286 e. The van der Waals surface area contributed by atoms with Gasteiger partial charge in [0, 0.05) is 0 Å². The van der Waals surface area contributed by atoms with E-state index in [9.17, 15) is 0 Å². The Bertz CT molecular complexity index is 315. The Morgan fingerprint density at radius 2 is 1.71 bits per heavy atom. The second-order valence-electron chi connectivity index (χ2n) is 6.48. The predicted molar refractivity (Wildman–Crippen MR) is 73.9 cm³/mol. The van der Waals surface area contributed by atoms with Crippen LogP contribution in [0.15, 0.2) is 23.3 Å². The van der Waals surface area contributed by atoms with Gasteiger partial charge in [-0.25, -0.2) is 0 Å². The van der Waals surface area contributed by atoms with Crippen LogP contribution >= 0.6 is 0 Å². The summed E-state index contributed by atoms with van der Waals surface area (Å²) in [5.74, 6) is 2.02. The Kier molecular flexibility index (Phi) is 3.68. The molecule has 1 atom stereocenters. The van der Waals surface area contributed by atoms with Crippen molar-refractivity contribution in [2.24, 2.45) is 11.8 Å². The summed E-state index contributed by atoms with van der Waals surface area (Å²) >= 11 is 0. The zero-order valence-electron chi connectivity index (χ0n) is 11.1. The molecule has 94 valence electrons. The topological polar surface area (TPSA) is 0 Å². The van der Waals surface area contributed by atoms with E-state index in [1.807, 2.05) is 0 Å². The highest BCUT2D eigenvalue weighted by molar-refractivity contribution is 5.15. The van der Waals surface area contributed by atoms with Gasteiger partial charge in [-0.05, 0) is 56.8 Å². The van der Waals surface area contributed by atoms with Gasteiger partial charge >= 0.3 is 0 Å². The van der Waals surface area contributed by atoms with Crippen LogP contribution in [0.2, 0.25) is 0 Å². The van der Waals surface area contributed by atoms with E-state index in [1.54, 1.807) is 11.1 Å². The molecule has 0 aliphatic heterocycles. The zero-order chi connectivity index (χ0) is 11.5. The summed E-state index contributed by atoms with van der Waals surface area (Å²) in [6, 6.07) is 0. The molecule has 17 heavy (non-hydrogen) atoms. The molecular formula is C17H26. The van der Waals surface area contributed by atoms with Crippen molar-refractivity contribution >= 4 is 0 Å². The SMILES string of the molecule is C1=C(CC2CC=C(CC3CCCC3)C2)CCC1. The van der Waals surface area contributed by atoms with Crippen molar-refractivity contribution in [3.8, 4) is 0 Å². The van der Waals surface area contributed by atoms with Crippen LogP contribution in [0.5, 0.6) is 0 Å². The largest absolute Gasteiger partial charge is 0.0853 e. The number of rotatable bonds is 4. The maximum atomic E-state index is 2.58. The standard InChI is InChI=1S/C17H26/c1-2-6-14(5-1)11-16-9-10-17(13-16)12-15-7-3-4-8-15/h5,10,15-16H,1-4,6-9,11-13H2. The van der Waals surface area contributed by atoms with E-state index in [2.05, 4.69) is 12.2 Å². The van der Waals surface area contributed by atoms with Crippen LogP contribution in [0.1, 0.15) is 70.6 Å². The van der Waals surface area contributed by atoms with E-state index in [1.165, 1.54) is 70.6 Å². The van der Waals surface area contributed by atoms with Crippen molar-refractivity contribution in [1.82, 2.24) is 0 Å². The monoisotopic (exact) mass is 230 g/mol. The highest BCUT2D eigenvalue weighted by Gasteiger charge is 2.22. The second kappa shape index (κ2) is 5.42. The van der Waals surface area contributed by atoms with Crippen molar-refractivity contribution < 1.29 is 0 Å². The third-order valence-corrected chi connectivity index (χ3v) is 5.00. The number of hydrogen-bond donors (Lipinski definition) is 0. The summed E-state index contributed by atoms with van der Waals surface area (Å²) in [6.07, 6.45) is 20.9. The quantitative estimate of drug-likeness (QED) is 0.567. The second-order valence-corrected chi connectivity index (χ2v) is 6.48. The number of hydrogen-bond acceptors (Lipinski definition) is 0. The minimum absolute atomic E-state index is 0.968. The van der Waals surface area contributed by atoms with Gasteiger partial charge in [-0.1, -0.05) is 49.0 Å². The maximum Gasteiger partial charge on any atom is -0.0286 e. The van der Waals surface area contributed by atoms with E-state index in [0.717, 1.165) is 11.8 Å². The van der Waals surface area contributed by atoms with Gasteiger partial charge in [-0.15, -0.1) is 0 Å². The van der Waals surface area contributed by atoms with Crippen LogP contribution in [0.25, 0.3) is 0 Å². The molecule has 0 saturated heterocycles. The Morgan fingerprint density at radius 3 is 2.47 bits per heavy atom. The molecule has 0 aromatic heterocycles. The van der Waals surface area contributed by atoms with Crippen LogP contribution < -0.4 is 0 Å². The first-order chi connectivity index (χ1) is 8.40. The minimum atomic E-state index is 0.968. The Labute approximate surface area is 106 Å². The van der Waals surface area contributed by atoms with Crippen molar-refractivity contribution in [1.29, 1.82) is 0 Å². The first-order valence-corrected chi connectivity index (χ1v) is 7.76. The van der Waals surface area contributed by atoms with Crippen LogP contribution in [0.3, 0.4) is 0 Å². The van der Waals surface area contributed by atoms with E-state index in [4.69, 9.17) is 0 Å². The highest BCUT2D eigenvalue weighted by Crippen LogP contribution is 2.38. The molecule has 0 spiro atoms. The lowest BCUT2D eigenvalue weighted by Crippen LogP contribution is -1.99. The molecule has 3 aliphatic carbocycles. The van der Waals surface area contributed by atoms with Gasteiger partial charge in [-0.3, -0.25) is 0 Å². The molecule has 0 radical (unpaired) electrons. The fourth-order valence-electron chi connectivity index (χ4n) is 4.07. The molecule has 0 heterocycles. The minimum Gasteiger partial charge on any atom is -0.0853 e. The Morgan fingerprint density at radius 1 is 0.882 bits per heavy atom. The van der Waals surface area contributed by atoms with Gasteiger partial charge in [0.05, 0.1) is 0 Å². The lowest BCUT2D eigenvalue weighted by atomic mass is 9.92. The van der Waals surface area contributed by atoms with Gasteiger partial charge in [0.1, 0.15) is 0 Å². The molecule has 1 saturated carbocycles. The molecule has 0 amide bonds. The highest BCUT2D eigenvalue weighted by atomic mass is 14.3. The lowest BCUT2D eigenvalue weighted by molar-refractivity contribution is 0.505. The molecule has 3 aliphatic rings. The fourth-order valence-corrected chi connectivity index (χ4v) is 4.07. The molecule has 0 N–H and O–H groups in total.